The highest BCUT2D eigenvalue weighted by Gasteiger charge is 2.49. The van der Waals surface area contributed by atoms with Gasteiger partial charge in [0, 0.05) is 18.8 Å². The quantitative estimate of drug-likeness (QED) is 0.524. The minimum absolute atomic E-state index is 0.0608. The zero-order chi connectivity index (χ0) is 22.1. The Morgan fingerprint density at radius 1 is 1.03 bits per heavy atom. The number of ketones is 2. The molecule has 0 N–H and O–H groups in total. The van der Waals surface area contributed by atoms with Crippen molar-refractivity contribution in [2.24, 2.45) is 23.7 Å². The summed E-state index contributed by atoms with van der Waals surface area (Å²) in [5, 5.41) is 0. The van der Waals surface area contributed by atoms with E-state index in [4.69, 9.17) is 4.74 Å². The fourth-order valence-corrected chi connectivity index (χ4v) is 6.96. The molecule has 32 heavy (non-hydrogen) atoms. The summed E-state index contributed by atoms with van der Waals surface area (Å²) >= 11 is 0. The van der Waals surface area contributed by atoms with Gasteiger partial charge in [0.15, 0.2) is 0 Å². The molecule has 0 aromatic heterocycles. The maximum Gasteiger partial charge on any atom is 0.148 e. The second kappa shape index (κ2) is 9.37. The van der Waals surface area contributed by atoms with Crippen LogP contribution in [0.15, 0.2) is 53.3 Å². The van der Waals surface area contributed by atoms with Gasteiger partial charge in [0.05, 0.1) is 12.5 Å². The first-order valence-corrected chi connectivity index (χ1v) is 12.8. The summed E-state index contributed by atoms with van der Waals surface area (Å²) < 4.78 is 6.32. The second-order valence-electron chi connectivity index (χ2n) is 10.5. The minimum Gasteiger partial charge on any atom is -0.495 e. The SMILES string of the molecule is CC(CCCc1ccccc1)OC1=CC2=C3CCCCC3C3CCC(=O)CC3C2C(=O)C1. The molecule has 0 saturated heterocycles. The Balaban J connectivity index is 1.32. The van der Waals surface area contributed by atoms with Crippen molar-refractivity contribution in [2.45, 2.75) is 83.7 Å². The normalized spacial score (nSPS) is 30.7. The van der Waals surface area contributed by atoms with E-state index in [0.29, 0.717) is 36.9 Å². The third-order valence-electron chi connectivity index (χ3n) is 8.36. The molecule has 5 atom stereocenters. The molecular weight excluding hydrogens is 396 g/mol. The first-order chi connectivity index (χ1) is 15.6. The Bertz CT molecular complexity index is 925. The van der Waals surface area contributed by atoms with Crippen LogP contribution in [0.2, 0.25) is 0 Å². The van der Waals surface area contributed by atoms with Crippen LogP contribution in [0.25, 0.3) is 0 Å². The van der Waals surface area contributed by atoms with E-state index in [0.717, 1.165) is 37.9 Å². The smallest absolute Gasteiger partial charge is 0.148 e. The van der Waals surface area contributed by atoms with E-state index in [1.165, 1.54) is 36.0 Å². The number of fused-ring (bicyclic) bond motifs is 5. The van der Waals surface area contributed by atoms with Gasteiger partial charge in [-0.2, -0.15) is 0 Å². The number of Topliss-reactive ketones (excluding diaryl/α,β-unsaturated/α-hetero) is 2. The van der Waals surface area contributed by atoms with E-state index >= 15 is 0 Å². The van der Waals surface area contributed by atoms with E-state index in [1.807, 2.05) is 0 Å². The van der Waals surface area contributed by atoms with Gasteiger partial charge in [-0.3, -0.25) is 9.59 Å². The molecule has 0 radical (unpaired) electrons. The standard InChI is InChI=1S/C29H36O3/c1-19(8-7-11-20-9-3-2-4-10-20)32-22-17-27-24-13-6-5-12-23(24)25-15-14-21(30)16-26(25)29(27)28(31)18-22/h2-4,9-10,17,19,23,25-26,29H,5-8,11-16,18H2,1H3. The van der Waals surface area contributed by atoms with Gasteiger partial charge in [-0.25, -0.2) is 0 Å². The van der Waals surface area contributed by atoms with Gasteiger partial charge in [0.2, 0.25) is 0 Å². The van der Waals surface area contributed by atoms with E-state index in [9.17, 15) is 9.59 Å². The minimum atomic E-state index is -0.0608. The number of hydrogen-bond donors (Lipinski definition) is 0. The first kappa shape index (κ1) is 21.7. The number of carbonyl (C=O) groups excluding carboxylic acids is 2. The largest absolute Gasteiger partial charge is 0.495 e. The fourth-order valence-electron chi connectivity index (χ4n) is 6.96. The number of benzene rings is 1. The molecule has 1 aromatic carbocycles. The van der Waals surface area contributed by atoms with Crippen molar-refractivity contribution in [3.63, 3.8) is 0 Å². The maximum absolute atomic E-state index is 13.4. The van der Waals surface area contributed by atoms with E-state index < -0.39 is 0 Å². The molecule has 0 amide bonds. The number of ether oxygens (including phenoxy) is 1. The topological polar surface area (TPSA) is 43.4 Å². The Hall–Kier alpha value is -2.16. The Morgan fingerprint density at radius 3 is 2.72 bits per heavy atom. The van der Waals surface area contributed by atoms with Crippen molar-refractivity contribution in [1.82, 2.24) is 0 Å². The van der Waals surface area contributed by atoms with Gasteiger partial charge in [0.1, 0.15) is 17.3 Å². The van der Waals surface area contributed by atoms with Crippen LogP contribution in [-0.4, -0.2) is 17.7 Å². The molecule has 1 aromatic rings. The van der Waals surface area contributed by atoms with Crippen molar-refractivity contribution in [3.05, 3.63) is 58.9 Å². The summed E-state index contributed by atoms with van der Waals surface area (Å²) in [6.45, 7) is 2.13. The summed E-state index contributed by atoms with van der Waals surface area (Å²) in [6, 6.07) is 10.6. The predicted octanol–water partition coefficient (Wildman–Crippen LogP) is 6.37. The third kappa shape index (κ3) is 4.36. The molecule has 3 heteroatoms. The van der Waals surface area contributed by atoms with Gasteiger partial charge < -0.3 is 4.74 Å². The zero-order valence-electron chi connectivity index (χ0n) is 19.4. The molecule has 170 valence electrons. The fraction of sp³-hybridized carbons (Fsp3) is 0.586. The number of rotatable bonds is 6. The van der Waals surface area contributed by atoms with Gasteiger partial charge in [0.25, 0.3) is 0 Å². The molecule has 5 rings (SSSR count). The molecule has 2 saturated carbocycles. The lowest BCUT2D eigenvalue weighted by Gasteiger charge is -2.49. The van der Waals surface area contributed by atoms with Gasteiger partial charge in [-0.1, -0.05) is 42.3 Å². The number of allylic oxidation sites excluding steroid dienone is 4. The molecule has 4 aliphatic carbocycles. The van der Waals surface area contributed by atoms with Gasteiger partial charge >= 0.3 is 0 Å². The molecule has 2 fully saturated rings. The zero-order valence-corrected chi connectivity index (χ0v) is 19.4. The van der Waals surface area contributed by atoms with Crippen LogP contribution in [0.1, 0.15) is 76.7 Å². The van der Waals surface area contributed by atoms with Crippen molar-refractivity contribution >= 4 is 11.6 Å². The van der Waals surface area contributed by atoms with Gasteiger partial charge in [-0.05, 0) is 86.8 Å². The number of hydrogen-bond acceptors (Lipinski definition) is 3. The third-order valence-corrected chi connectivity index (χ3v) is 8.36. The van der Waals surface area contributed by atoms with Crippen LogP contribution in [-0.2, 0) is 20.7 Å². The molecule has 0 spiro atoms. The average molecular weight is 433 g/mol. The van der Waals surface area contributed by atoms with Crippen LogP contribution in [0, 0.1) is 23.7 Å². The summed E-state index contributed by atoms with van der Waals surface area (Å²) in [7, 11) is 0. The summed E-state index contributed by atoms with van der Waals surface area (Å²) in [4.78, 5) is 25.7. The van der Waals surface area contributed by atoms with E-state index in [1.54, 1.807) is 0 Å². The highest BCUT2D eigenvalue weighted by molar-refractivity contribution is 5.90. The Morgan fingerprint density at radius 2 is 1.88 bits per heavy atom. The van der Waals surface area contributed by atoms with Crippen LogP contribution >= 0.6 is 0 Å². The lowest BCUT2D eigenvalue weighted by atomic mass is 9.54. The van der Waals surface area contributed by atoms with Crippen LogP contribution in [0.3, 0.4) is 0 Å². The molecule has 4 aliphatic rings. The number of aryl methyl sites for hydroxylation is 1. The van der Waals surface area contributed by atoms with Crippen molar-refractivity contribution in [2.75, 3.05) is 0 Å². The number of carbonyl (C=O) groups is 2. The molecule has 0 heterocycles. The molecule has 5 unspecified atom stereocenters. The predicted molar refractivity (Wildman–Crippen MR) is 126 cm³/mol. The van der Waals surface area contributed by atoms with Crippen molar-refractivity contribution in [1.29, 1.82) is 0 Å². The van der Waals surface area contributed by atoms with Crippen molar-refractivity contribution < 1.29 is 14.3 Å². The lowest BCUT2D eigenvalue weighted by Crippen LogP contribution is -2.45. The summed E-state index contributed by atoms with van der Waals surface area (Å²) in [5.74, 6) is 2.78. The van der Waals surface area contributed by atoms with Crippen molar-refractivity contribution in [3.8, 4) is 0 Å². The van der Waals surface area contributed by atoms with Crippen LogP contribution in [0.4, 0.5) is 0 Å². The summed E-state index contributed by atoms with van der Waals surface area (Å²) in [5.41, 5.74) is 4.14. The molecule has 0 bridgehead atoms. The second-order valence-corrected chi connectivity index (χ2v) is 10.5. The highest BCUT2D eigenvalue weighted by atomic mass is 16.5. The van der Waals surface area contributed by atoms with E-state index in [2.05, 4.69) is 43.3 Å². The van der Waals surface area contributed by atoms with Crippen LogP contribution in [0.5, 0.6) is 0 Å². The monoisotopic (exact) mass is 432 g/mol. The Labute approximate surface area is 192 Å². The molecule has 0 aliphatic heterocycles. The maximum atomic E-state index is 13.4. The molecular formula is C29H36O3. The van der Waals surface area contributed by atoms with Gasteiger partial charge in [-0.15, -0.1) is 0 Å². The lowest BCUT2D eigenvalue weighted by molar-refractivity contribution is -0.129. The summed E-state index contributed by atoms with van der Waals surface area (Å²) in [6.07, 6.45) is 13.0. The first-order valence-electron chi connectivity index (χ1n) is 12.8. The Kier molecular flexibility index (Phi) is 6.35. The molecule has 3 nitrogen and oxygen atoms in total. The van der Waals surface area contributed by atoms with Crippen LogP contribution < -0.4 is 0 Å². The average Bonchev–Trinajstić information content (AvgIpc) is 2.79. The highest BCUT2D eigenvalue weighted by Crippen LogP contribution is 2.55. The van der Waals surface area contributed by atoms with E-state index in [-0.39, 0.29) is 23.7 Å².